The number of hydrogen-bond donors (Lipinski definition) is 0. The number of aromatic nitrogens is 1. The van der Waals surface area contributed by atoms with Crippen molar-refractivity contribution >= 4 is 5.78 Å². The van der Waals surface area contributed by atoms with Crippen LogP contribution in [0.3, 0.4) is 0 Å². The van der Waals surface area contributed by atoms with Crippen molar-refractivity contribution < 1.29 is 9.53 Å². The van der Waals surface area contributed by atoms with Crippen LogP contribution in [0.25, 0.3) is 0 Å². The minimum absolute atomic E-state index is 0.0348. The highest BCUT2D eigenvalue weighted by atomic mass is 16.5. The molecule has 0 amide bonds. The first-order valence-corrected chi connectivity index (χ1v) is 6.19. The van der Waals surface area contributed by atoms with E-state index in [1.54, 1.807) is 24.4 Å². The van der Waals surface area contributed by atoms with Gasteiger partial charge in [-0.3, -0.25) is 4.79 Å². The molecule has 0 saturated heterocycles. The molecule has 4 nitrogen and oxygen atoms in total. The van der Waals surface area contributed by atoms with Gasteiger partial charge in [0.2, 0.25) is 0 Å². The number of nitriles is 1. The minimum Gasteiger partial charge on any atom is -0.488 e. The summed E-state index contributed by atoms with van der Waals surface area (Å²) >= 11 is 0. The molecule has 4 heteroatoms. The van der Waals surface area contributed by atoms with Crippen molar-refractivity contribution in [3.05, 3.63) is 58.9 Å². The Bertz CT molecular complexity index is 687. The zero-order chi connectivity index (χ0) is 14.5. The molecule has 0 spiro atoms. The molecule has 0 aliphatic heterocycles. The number of rotatable bonds is 4. The number of aryl methyl sites for hydroxylation is 1. The first-order chi connectivity index (χ1) is 9.60. The highest BCUT2D eigenvalue weighted by Gasteiger charge is 2.09. The average molecular weight is 266 g/mol. The molecular formula is C16H14N2O2. The first-order valence-electron chi connectivity index (χ1n) is 6.19. The van der Waals surface area contributed by atoms with Crippen LogP contribution in [0.2, 0.25) is 0 Å². The lowest BCUT2D eigenvalue weighted by atomic mass is 10.1. The van der Waals surface area contributed by atoms with Crippen molar-refractivity contribution in [2.45, 2.75) is 20.5 Å². The molecule has 2 rings (SSSR count). The van der Waals surface area contributed by atoms with Crippen LogP contribution < -0.4 is 4.74 Å². The van der Waals surface area contributed by atoms with Crippen molar-refractivity contribution in [1.82, 2.24) is 4.98 Å². The van der Waals surface area contributed by atoms with Crippen LogP contribution in [-0.4, -0.2) is 10.8 Å². The van der Waals surface area contributed by atoms with E-state index in [2.05, 4.69) is 4.98 Å². The Morgan fingerprint density at radius 1 is 1.35 bits per heavy atom. The average Bonchev–Trinajstić information content (AvgIpc) is 2.45. The second-order valence-electron chi connectivity index (χ2n) is 4.51. The molecule has 0 bridgehead atoms. The van der Waals surface area contributed by atoms with Crippen LogP contribution in [0.4, 0.5) is 0 Å². The van der Waals surface area contributed by atoms with Gasteiger partial charge < -0.3 is 4.74 Å². The number of hydrogen-bond acceptors (Lipinski definition) is 4. The molecule has 0 unspecified atom stereocenters. The molecule has 2 aromatic rings. The van der Waals surface area contributed by atoms with E-state index in [-0.39, 0.29) is 5.78 Å². The Morgan fingerprint density at radius 2 is 2.15 bits per heavy atom. The largest absolute Gasteiger partial charge is 0.488 e. The third-order valence-corrected chi connectivity index (χ3v) is 2.85. The maximum absolute atomic E-state index is 11.6. The molecule has 1 heterocycles. The van der Waals surface area contributed by atoms with Crippen molar-refractivity contribution in [3.63, 3.8) is 0 Å². The van der Waals surface area contributed by atoms with Gasteiger partial charge in [0.15, 0.2) is 5.78 Å². The van der Waals surface area contributed by atoms with E-state index in [0.29, 0.717) is 23.6 Å². The summed E-state index contributed by atoms with van der Waals surface area (Å²) < 4.78 is 5.71. The number of ether oxygens (including phenoxy) is 1. The standard InChI is InChI=1S/C16H14N2O2/c1-11-3-4-15(12(2)19)16(7-11)20-10-13-5-6-18-14(8-13)9-17/h3-8H,10H2,1-2H3. The lowest BCUT2D eigenvalue weighted by Gasteiger charge is -2.10. The summed E-state index contributed by atoms with van der Waals surface area (Å²) in [4.78, 5) is 15.5. The van der Waals surface area contributed by atoms with Crippen molar-refractivity contribution in [3.8, 4) is 11.8 Å². The minimum atomic E-state index is -0.0348. The highest BCUT2D eigenvalue weighted by molar-refractivity contribution is 5.96. The Morgan fingerprint density at radius 3 is 2.85 bits per heavy atom. The van der Waals surface area contributed by atoms with E-state index in [9.17, 15) is 4.79 Å². The second-order valence-corrected chi connectivity index (χ2v) is 4.51. The van der Waals surface area contributed by atoms with E-state index in [1.165, 1.54) is 6.92 Å². The quantitative estimate of drug-likeness (QED) is 0.798. The topological polar surface area (TPSA) is 63.0 Å². The van der Waals surface area contributed by atoms with Gasteiger partial charge in [0.1, 0.15) is 24.1 Å². The summed E-state index contributed by atoms with van der Waals surface area (Å²) in [6.07, 6.45) is 1.57. The number of carbonyl (C=O) groups excluding carboxylic acids is 1. The summed E-state index contributed by atoms with van der Waals surface area (Å²) in [5.41, 5.74) is 2.78. The van der Waals surface area contributed by atoms with Crippen LogP contribution in [0.5, 0.6) is 5.75 Å². The van der Waals surface area contributed by atoms with Gasteiger partial charge in [-0.2, -0.15) is 5.26 Å². The number of Topliss-reactive ketones (excluding diaryl/α,β-unsaturated/α-hetero) is 1. The SMILES string of the molecule is CC(=O)c1ccc(C)cc1OCc1ccnc(C#N)c1. The van der Waals surface area contributed by atoms with Gasteiger partial charge in [-0.1, -0.05) is 6.07 Å². The van der Waals surface area contributed by atoms with E-state index in [0.717, 1.165) is 11.1 Å². The third-order valence-electron chi connectivity index (χ3n) is 2.85. The van der Waals surface area contributed by atoms with Crippen LogP contribution in [-0.2, 0) is 6.61 Å². The van der Waals surface area contributed by atoms with Crippen molar-refractivity contribution in [1.29, 1.82) is 5.26 Å². The zero-order valence-corrected chi connectivity index (χ0v) is 11.4. The van der Waals surface area contributed by atoms with Gasteiger partial charge in [-0.15, -0.1) is 0 Å². The van der Waals surface area contributed by atoms with Gasteiger partial charge >= 0.3 is 0 Å². The highest BCUT2D eigenvalue weighted by Crippen LogP contribution is 2.22. The molecule has 0 aliphatic carbocycles. The lowest BCUT2D eigenvalue weighted by molar-refractivity contribution is 0.101. The Balaban J connectivity index is 2.20. The van der Waals surface area contributed by atoms with Crippen molar-refractivity contribution in [2.75, 3.05) is 0 Å². The zero-order valence-electron chi connectivity index (χ0n) is 11.4. The third kappa shape index (κ3) is 3.21. The number of benzene rings is 1. The fourth-order valence-electron chi connectivity index (χ4n) is 1.83. The summed E-state index contributed by atoms with van der Waals surface area (Å²) in [5.74, 6) is 0.528. The molecular weight excluding hydrogens is 252 g/mol. The Labute approximate surface area is 117 Å². The van der Waals surface area contributed by atoms with Crippen LogP contribution in [0.15, 0.2) is 36.5 Å². The van der Waals surface area contributed by atoms with E-state index < -0.39 is 0 Å². The molecule has 20 heavy (non-hydrogen) atoms. The van der Waals surface area contributed by atoms with E-state index in [1.807, 2.05) is 25.1 Å². The van der Waals surface area contributed by atoms with E-state index in [4.69, 9.17) is 10.00 Å². The molecule has 1 aromatic heterocycles. The molecule has 0 atom stereocenters. The van der Waals surface area contributed by atoms with E-state index >= 15 is 0 Å². The summed E-state index contributed by atoms with van der Waals surface area (Å²) in [7, 11) is 0. The summed E-state index contributed by atoms with van der Waals surface area (Å²) in [6, 6.07) is 10.9. The van der Waals surface area contributed by atoms with Gasteiger partial charge in [-0.25, -0.2) is 4.98 Å². The maximum atomic E-state index is 11.6. The molecule has 0 N–H and O–H groups in total. The number of carbonyl (C=O) groups is 1. The van der Waals surface area contributed by atoms with Crippen LogP contribution >= 0.6 is 0 Å². The number of pyridine rings is 1. The predicted molar refractivity (Wildman–Crippen MR) is 74.5 cm³/mol. The number of ketones is 1. The predicted octanol–water partition coefficient (Wildman–Crippen LogP) is 3.04. The smallest absolute Gasteiger partial charge is 0.163 e. The molecule has 0 fully saturated rings. The molecule has 0 aliphatic rings. The van der Waals surface area contributed by atoms with Crippen LogP contribution in [0, 0.1) is 18.3 Å². The fraction of sp³-hybridized carbons (Fsp3) is 0.188. The Kier molecular flexibility index (Phi) is 4.11. The molecule has 0 radical (unpaired) electrons. The van der Waals surface area contributed by atoms with Gasteiger partial charge in [0.05, 0.1) is 5.56 Å². The molecule has 100 valence electrons. The lowest BCUT2D eigenvalue weighted by Crippen LogP contribution is -2.02. The summed E-state index contributed by atoms with van der Waals surface area (Å²) in [6.45, 7) is 3.75. The summed E-state index contributed by atoms with van der Waals surface area (Å²) in [5, 5.41) is 8.80. The number of nitrogens with zero attached hydrogens (tertiary/aromatic N) is 2. The van der Waals surface area contributed by atoms with Crippen LogP contribution in [0.1, 0.15) is 34.1 Å². The second kappa shape index (κ2) is 5.98. The van der Waals surface area contributed by atoms with Gasteiger partial charge in [0.25, 0.3) is 0 Å². The van der Waals surface area contributed by atoms with Gasteiger partial charge in [0, 0.05) is 6.20 Å². The monoisotopic (exact) mass is 266 g/mol. The van der Waals surface area contributed by atoms with Gasteiger partial charge in [-0.05, 0) is 49.2 Å². The van der Waals surface area contributed by atoms with Crippen molar-refractivity contribution in [2.24, 2.45) is 0 Å². The normalized spacial score (nSPS) is 9.85. The first kappa shape index (κ1) is 13.8. The fourth-order valence-corrected chi connectivity index (χ4v) is 1.83. The Hall–Kier alpha value is -2.67. The molecule has 0 saturated carbocycles. The molecule has 1 aromatic carbocycles. The maximum Gasteiger partial charge on any atom is 0.163 e.